The van der Waals surface area contributed by atoms with Crippen molar-refractivity contribution < 1.29 is 9.59 Å². The van der Waals surface area contributed by atoms with Crippen molar-refractivity contribution in [2.45, 2.75) is 12.8 Å². The summed E-state index contributed by atoms with van der Waals surface area (Å²) in [4.78, 5) is 27.8. The molecule has 136 valence electrons. The molecule has 2 aromatic rings. The highest BCUT2D eigenvalue weighted by molar-refractivity contribution is 5.92. The Morgan fingerprint density at radius 2 is 1.85 bits per heavy atom. The number of amides is 2. The third-order valence-electron chi connectivity index (χ3n) is 4.64. The molecular formula is C20H24N4O2. The van der Waals surface area contributed by atoms with Crippen molar-refractivity contribution in [3.05, 3.63) is 54.4 Å². The summed E-state index contributed by atoms with van der Waals surface area (Å²) < 4.78 is 1.78. The fraction of sp³-hybridized carbons (Fsp3) is 0.350. The maximum Gasteiger partial charge on any atom is 0.246 e. The molecule has 0 radical (unpaired) electrons. The van der Waals surface area contributed by atoms with Crippen LogP contribution in [0.25, 0.3) is 11.8 Å². The zero-order valence-corrected chi connectivity index (χ0v) is 15.2. The van der Waals surface area contributed by atoms with E-state index in [0.717, 1.165) is 24.1 Å². The highest BCUT2D eigenvalue weighted by atomic mass is 16.2. The third kappa shape index (κ3) is 4.20. The number of likely N-dealkylation sites (tertiary alicyclic amines) is 1. The van der Waals surface area contributed by atoms with Gasteiger partial charge in [-0.25, -0.2) is 4.68 Å². The van der Waals surface area contributed by atoms with Gasteiger partial charge >= 0.3 is 0 Å². The van der Waals surface area contributed by atoms with Gasteiger partial charge in [-0.15, -0.1) is 0 Å². The van der Waals surface area contributed by atoms with Crippen LogP contribution in [0.15, 0.2) is 48.8 Å². The predicted molar refractivity (Wildman–Crippen MR) is 101 cm³/mol. The number of nitrogens with zero attached hydrogens (tertiary/aromatic N) is 4. The maximum absolute atomic E-state index is 12.4. The van der Waals surface area contributed by atoms with Gasteiger partial charge in [-0.2, -0.15) is 5.10 Å². The van der Waals surface area contributed by atoms with E-state index in [9.17, 15) is 9.59 Å². The van der Waals surface area contributed by atoms with Crippen LogP contribution in [-0.2, 0) is 9.59 Å². The predicted octanol–water partition coefficient (Wildman–Crippen LogP) is 2.21. The molecule has 6 heteroatoms. The van der Waals surface area contributed by atoms with Gasteiger partial charge in [-0.3, -0.25) is 9.59 Å². The van der Waals surface area contributed by atoms with Gasteiger partial charge in [-0.1, -0.05) is 18.2 Å². The first kappa shape index (κ1) is 17.9. The van der Waals surface area contributed by atoms with Crippen LogP contribution in [0.3, 0.4) is 0 Å². The van der Waals surface area contributed by atoms with Crippen molar-refractivity contribution in [2.24, 2.45) is 5.92 Å². The average Bonchev–Trinajstić information content (AvgIpc) is 3.15. The number of carbonyl (C=O) groups is 2. The Kier molecular flexibility index (Phi) is 5.51. The van der Waals surface area contributed by atoms with Crippen LogP contribution < -0.4 is 0 Å². The van der Waals surface area contributed by atoms with E-state index >= 15 is 0 Å². The molecular weight excluding hydrogens is 328 g/mol. The minimum Gasteiger partial charge on any atom is -0.349 e. The van der Waals surface area contributed by atoms with Gasteiger partial charge in [0, 0.05) is 50.9 Å². The molecule has 1 saturated heterocycles. The molecule has 2 amide bonds. The Hall–Kier alpha value is -2.89. The zero-order chi connectivity index (χ0) is 18.5. The van der Waals surface area contributed by atoms with Crippen LogP contribution in [0.5, 0.6) is 0 Å². The number of piperidine rings is 1. The van der Waals surface area contributed by atoms with Crippen LogP contribution >= 0.6 is 0 Å². The molecule has 1 aromatic carbocycles. The van der Waals surface area contributed by atoms with Crippen LogP contribution in [0.4, 0.5) is 0 Å². The molecule has 0 atom stereocenters. The fourth-order valence-electron chi connectivity index (χ4n) is 3.13. The summed E-state index contributed by atoms with van der Waals surface area (Å²) >= 11 is 0. The first-order valence-corrected chi connectivity index (χ1v) is 8.83. The number of aromatic nitrogens is 2. The Bertz CT molecular complexity index is 787. The van der Waals surface area contributed by atoms with Gasteiger partial charge < -0.3 is 9.80 Å². The number of para-hydroxylation sites is 1. The minimum absolute atomic E-state index is 0.0202. The van der Waals surface area contributed by atoms with Crippen LogP contribution in [0.1, 0.15) is 18.4 Å². The Morgan fingerprint density at radius 3 is 2.50 bits per heavy atom. The molecule has 0 spiro atoms. The van der Waals surface area contributed by atoms with Crippen molar-refractivity contribution in [1.29, 1.82) is 0 Å². The molecule has 0 aliphatic carbocycles. The van der Waals surface area contributed by atoms with Crippen LogP contribution in [0, 0.1) is 5.92 Å². The molecule has 0 unspecified atom stereocenters. The van der Waals surface area contributed by atoms with E-state index in [1.54, 1.807) is 46.9 Å². The molecule has 1 aliphatic rings. The molecule has 6 nitrogen and oxygen atoms in total. The van der Waals surface area contributed by atoms with E-state index in [-0.39, 0.29) is 17.7 Å². The van der Waals surface area contributed by atoms with Crippen molar-refractivity contribution in [3.63, 3.8) is 0 Å². The standard InChI is InChI=1S/C20H24N4O2/c1-22(2)20(26)17-10-12-23(13-11-17)19(25)9-8-16-14-21-24(15-16)18-6-4-3-5-7-18/h3-9,14-15,17H,10-13H2,1-2H3/b9-8+. The highest BCUT2D eigenvalue weighted by Gasteiger charge is 2.27. The second-order valence-corrected chi connectivity index (χ2v) is 6.72. The lowest BCUT2D eigenvalue weighted by atomic mass is 9.95. The van der Waals surface area contributed by atoms with E-state index in [0.29, 0.717) is 13.1 Å². The highest BCUT2D eigenvalue weighted by Crippen LogP contribution is 2.19. The monoisotopic (exact) mass is 352 g/mol. The van der Waals surface area contributed by atoms with Gasteiger partial charge in [-0.05, 0) is 31.1 Å². The quantitative estimate of drug-likeness (QED) is 0.793. The summed E-state index contributed by atoms with van der Waals surface area (Å²) in [6.45, 7) is 1.24. The topological polar surface area (TPSA) is 58.4 Å². The normalized spacial score (nSPS) is 15.4. The molecule has 1 aromatic heterocycles. The van der Waals surface area contributed by atoms with Crippen molar-refractivity contribution in [3.8, 4) is 5.69 Å². The van der Waals surface area contributed by atoms with Crippen molar-refractivity contribution >= 4 is 17.9 Å². The summed E-state index contributed by atoms with van der Waals surface area (Å²) in [6, 6.07) is 9.83. The summed E-state index contributed by atoms with van der Waals surface area (Å²) in [5.74, 6) is 0.163. The van der Waals surface area contributed by atoms with E-state index in [4.69, 9.17) is 0 Å². The largest absolute Gasteiger partial charge is 0.349 e. The summed E-state index contributed by atoms with van der Waals surface area (Å²) in [5.41, 5.74) is 1.85. The fourth-order valence-corrected chi connectivity index (χ4v) is 3.13. The Balaban J connectivity index is 1.56. The lowest BCUT2D eigenvalue weighted by Crippen LogP contribution is -2.42. The zero-order valence-electron chi connectivity index (χ0n) is 15.2. The Labute approximate surface area is 153 Å². The second kappa shape index (κ2) is 7.99. The molecule has 0 saturated carbocycles. The van der Waals surface area contributed by atoms with E-state index in [1.165, 1.54) is 0 Å². The van der Waals surface area contributed by atoms with E-state index < -0.39 is 0 Å². The first-order valence-electron chi connectivity index (χ1n) is 8.83. The molecule has 0 bridgehead atoms. The Morgan fingerprint density at radius 1 is 1.15 bits per heavy atom. The summed E-state index contributed by atoms with van der Waals surface area (Å²) in [6.07, 6.45) is 8.44. The van der Waals surface area contributed by atoms with Gasteiger partial charge in [0.15, 0.2) is 0 Å². The molecule has 1 fully saturated rings. The lowest BCUT2D eigenvalue weighted by Gasteiger charge is -2.31. The summed E-state index contributed by atoms with van der Waals surface area (Å²) in [5, 5.41) is 4.32. The number of hydrogen-bond acceptors (Lipinski definition) is 3. The molecule has 0 N–H and O–H groups in total. The number of benzene rings is 1. The number of carbonyl (C=O) groups excluding carboxylic acids is 2. The molecule has 2 heterocycles. The van der Waals surface area contributed by atoms with E-state index in [1.807, 2.05) is 36.5 Å². The third-order valence-corrected chi connectivity index (χ3v) is 4.64. The smallest absolute Gasteiger partial charge is 0.246 e. The van der Waals surface area contributed by atoms with Crippen molar-refractivity contribution in [1.82, 2.24) is 19.6 Å². The number of rotatable bonds is 4. The van der Waals surface area contributed by atoms with Crippen LogP contribution in [-0.4, -0.2) is 58.6 Å². The molecule has 1 aliphatic heterocycles. The SMILES string of the molecule is CN(C)C(=O)C1CCN(C(=O)/C=C/c2cnn(-c3ccccc3)c2)CC1. The minimum atomic E-state index is -0.0202. The van der Waals surface area contributed by atoms with Gasteiger partial charge in [0.2, 0.25) is 11.8 Å². The summed E-state index contributed by atoms with van der Waals surface area (Å²) in [7, 11) is 3.55. The number of hydrogen-bond donors (Lipinski definition) is 0. The van der Waals surface area contributed by atoms with Gasteiger partial charge in [0.05, 0.1) is 11.9 Å². The molecule has 26 heavy (non-hydrogen) atoms. The first-order chi connectivity index (χ1) is 12.5. The van der Waals surface area contributed by atoms with Gasteiger partial charge in [0.1, 0.15) is 0 Å². The maximum atomic E-state index is 12.4. The van der Waals surface area contributed by atoms with Crippen LogP contribution in [0.2, 0.25) is 0 Å². The van der Waals surface area contributed by atoms with E-state index in [2.05, 4.69) is 5.10 Å². The molecule has 3 rings (SSSR count). The average molecular weight is 352 g/mol. The van der Waals surface area contributed by atoms with Crippen molar-refractivity contribution in [2.75, 3.05) is 27.2 Å². The van der Waals surface area contributed by atoms with Gasteiger partial charge in [0.25, 0.3) is 0 Å². The lowest BCUT2D eigenvalue weighted by molar-refractivity contribution is -0.137. The second-order valence-electron chi connectivity index (χ2n) is 6.72.